The molecule has 18 heavy (non-hydrogen) atoms. The molecule has 4 N–H and O–H groups in total. The second-order valence-corrected chi connectivity index (χ2v) is 5.27. The Balaban J connectivity index is 2.12. The zero-order valence-electron chi connectivity index (χ0n) is 8.89. The van der Waals surface area contributed by atoms with E-state index in [0.717, 1.165) is 0 Å². The highest BCUT2D eigenvalue weighted by Crippen LogP contribution is 2.24. The molecule has 0 aliphatic heterocycles. The highest BCUT2D eigenvalue weighted by molar-refractivity contribution is 14.1. The van der Waals surface area contributed by atoms with Crippen molar-refractivity contribution in [2.75, 3.05) is 11.2 Å². The number of thiazole rings is 1. The maximum Gasteiger partial charge on any atom is 0.205 e. The summed E-state index contributed by atoms with van der Waals surface area (Å²) < 4.78 is 13.7. The minimum absolute atomic E-state index is 0.282. The van der Waals surface area contributed by atoms with Crippen molar-refractivity contribution in [3.8, 4) is 5.75 Å². The Bertz CT molecular complexity index is 602. The van der Waals surface area contributed by atoms with Crippen LogP contribution in [0.5, 0.6) is 5.75 Å². The molecule has 0 radical (unpaired) electrons. The van der Waals surface area contributed by atoms with Crippen LogP contribution in [0.25, 0.3) is 0 Å². The first-order valence-corrected chi connectivity index (χ1v) is 6.71. The molecule has 0 bridgehead atoms. The summed E-state index contributed by atoms with van der Waals surface area (Å²) in [6, 6.07) is 3.12. The molecule has 0 unspecified atom stereocenters. The monoisotopic (exact) mass is 378 g/mol. The van der Waals surface area contributed by atoms with Gasteiger partial charge in [-0.05, 0) is 34.7 Å². The zero-order chi connectivity index (χ0) is 13.1. The number of nitrogens with zero attached hydrogens (tertiary/aromatic N) is 2. The Kier molecular flexibility index (Phi) is 3.97. The van der Waals surface area contributed by atoms with Gasteiger partial charge in [-0.15, -0.1) is 11.3 Å². The molecule has 1 aromatic carbocycles. The van der Waals surface area contributed by atoms with Crippen molar-refractivity contribution in [2.45, 2.75) is 0 Å². The number of phenolic OH excluding ortho intramolecular Hbond substituents is 1. The van der Waals surface area contributed by atoms with Crippen LogP contribution in [-0.4, -0.2) is 16.3 Å². The summed E-state index contributed by atoms with van der Waals surface area (Å²) in [6.45, 7) is 0. The van der Waals surface area contributed by atoms with Gasteiger partial charge in [0.2, 0.25) is 5.13 Å². The summed E-state index contributed by atoms with van der Waals surface area (Å²) in [4.78, 5) is 3.93. The summed E-state index contributed by atoms with van der Waals surface area (Å²) in [5.74, 6) is -0.676. The normalized spacial score (nSPS) is 11.0. The molecular formula is C10H8FIN4OS. The highest BCUT2D eigenvalue weighted by Gasteiger charge is 2.08. The highest BCUT2D eigenvalue weighted by atomic mass is 127. The maximum atomic E-state index is 13.4. The number of aromatic hydroxyl groups is 1. The van der Waals surface area contributed by atoms with E-state index in [9.17, 15) is 9.50 Å². The number of halogens is 2. The van der Waals surface area contributed by atoms with E-state index >= 15 is 0 Å². The summed E-state index contributed by atoms with van der Waals surface area (Å²) >= 11 is 3.09. The standard InChI is InChI=1S/C10H8FIN4OS/c11-8-6(12)2-1-5(9(8)17)3-14-16-10-15-7(13)4-18-10/h1-4,17H,13H2,(H,15,16). The van der Waals surface area contributed by atoms with Crippen LogP contribution in [0.2, 0.25) is 0 Å². The number of aromatic nitrogens is 1. The summed E-state index contributed by atoms with van der Waals surface area (Å²) in [6.07, 6.45) is 1.31. The van der Waals surface area contributed by atoms with E-state index in [-0.39, 0.29) is 5.56 Å². The molecule has 0 fully saturated rings. The smallest absolute Gasteiger partial charge is 0.205 e. The fourth-order valence-electron chi connectivity index (χ4n) is 1.15. The van der Waals surface area contributed by atoms with Crippen molar-refractivity contribution in [3.05, 3.63) is 32.5 Å². The third kappa shape index (κ3) is 2.88. The van der Waals surface area contributed by atoms with Gasteiger partial charge in [0.25, 0.3) is 0 Å². The molecule has 8 heteroatoms. The Morgan fingerprint density at radius 3 is 3.00 bits per heavy atom. The third-order valence-corrected chi connectivity index (χ3v) is 3.58. The molecule has 0 aliphatic rings. The molecular weight excluding hydrogens is 370 g/mol. The average molecular weight is 378 g/mol. The number of benzene rings is 1. The minimum atomic E-state index is -0.655. The average Bonchev–Trinajstić information content (AvgIpc) is 2.75. The van der Waals surface area contributed by atoms with Gasteiger partial charge in [-0.3, -0.25) is 5.43 Å². The quantitative estimate of drug-likeness (QED) is 0.436. The lowest BCUT2D eigenvalue weighted by molar-refractivity contribution is 0.429. The first-order valence-electron chi connectivity index (χ1n) is 4.75. The lowest BCUT2D eigenvalue weighted by Crippen LogP contribution is -1.93. The summed E-state index contributed by atoms with van der Waals surface area (Å²) in [7, 11) is 0. The van der Waals surface area contributed by atoms with Crippen molar-refractivity contribution in [1.29, 1.82) is 0 Å². The summed E-state index contributed by atoms with van der Waals surface area (Å²) in [5, 5.41) is 15.6. The number of phenols is 1. The molecule has 0 saturated carbocycles. The first-order chi connectivity index (χ1) is 8.58. The van der Waals surface area contributed by atoms with Gasteiger partial charge < -0.3 is 10.8 Å². The molecule has 0 saturated heterocycles. The summed E-state index contributed by atoms with van der Waals surface area (Å²) in [5.41, 5.74) is 8.36. The predicted octanol–water partition coefficient (Wildman–Crippen LogP) is 2.62. The fourth-order valence-corrected chi connectivity index (χ4v) is 2.14. The van der Waals surface area contributed by atoms with Crippen molar-refractivity contribution in [3.63, 3.8) is 0 Å². The van der Waals surface area contributed by atoms with Crippen LogP contribution >= 0.6 is 33.9 Å². The lowest BCUT2D eigenvalue weighted by Gasteiger charge is -2.01. The topological polar surface area (TPSA) is 83.5 Å². The van der Waals surface area contributed by atoms with Crippen molar-refractivity contribution in [2.24, 2.45) is 5.10 Å². The van der Waals surface area contributed by atoms with Crippen molar-refractivity contribution >= 4 is 51.1 Å². The van der Waals surface area contributed by atoms with Gasteiger partial charge in [0.05, 0.1) is 9.78 Å². The van der Waals surface area contributed by atoms with Gasteiger partial charge in [-0.2, -0.15) is 5.10 Å². The van der Waals surface area contributed by atoms with Gasteiger partial charge >= 0.3 is 0 Å². The molecule has 2 rings (SSSR count). The van der Waals surface area contributed by atoms with E-state index in [1.54, 1.807) is 40.1 Å². The predicted molar refractivity (Wildman–Crippen MR) is 78.5 cm³/mol. The zero-order valence-corrected chi connectivity index (χ0v) is 11.9. The SMILES string of the molecule is Nc1csc(NN=Cc2ccc(I)c(F)c2O)n1. The van der Waals surface area contributed by atoms with E-state index < -0.39 is 11.6 Å². The number of nitrogens with one attached hydrogen (secondary N) is 1. The molecule has 5 nitrogen and oxygen atoms in total. The molecule has 1 heterocycles. The van der Waals surface area contributed by atoms with E-state index in [1.807, 2.05) is 0 Å². The number of nitrogens with two attached hydrogens (primary N) is 1. The minimum Gasteiger partial charge on any atom is -0.504 e. The number of hydrogen-bond donors (Lipinski definition) is 3. The Morgan fingerprint density at radius 1 is 1.56 bits per heavy atom. The Labute approximate surface area is 120 Å². The number of nitrogen functional groups attached to an aromatic ring is 1. The van der Waals surface area contributed by atoms with Crippen LogP contribution in [-0.2, 0) is 0 Å². The number of rotatable bonds is 3. The van der Waals surface area contributed by atoms with Gasteiger partial charge in [0, 0.05) is 10.9 Å². The Hall–Kier alpha value is -1.42. The van der Waals surface area contributed by atoms with Crippen molar-refractivity contribution in [1.82, 2.24) is 4.98 Å². The van der Waals surface area contributed by atoms with E-state index in [2.05, 4.69) is 15.5 Å². The maximum absolute atomic E-state index is 13.4. The second kappa shape index (κ2) is 5.48. The lowest BCUT2D eigenvalue weighted by atomic mass is 10.2. The van der Waals surface area contributed by atoms with Gasteiger partial charge in [0.15, 0.2) is 11.6 Å². The van der Waals surface area contributed by atoms with E-state index in [4.69, 9.17) is 5.73 Å². The third-order valence-electron chi connectivity index (χ3n) is 1.99. The molecule has 2 aromatic rings. The van der Waals surface area contributed by atoms with Crippen molar-refractivity contribution < 1.29 is 9.50 Å². The molecule has 0 amide bonds. The largest absolute Gasteiger partial charge is 0.504 e. The molecule has 0 aliphatic carbocycles. The van der Waals surface area contributed by atoms with E-state index in [0.29, 0.717) is 14.5 Å². The molecule has 1 aromatic heterocycles. The Morgan fingerprint density at radius 2 is 2.33 bits per heavy atom. The first kappa shape index (κ1) is 13.0. The molecule has 0 spiro atoms. The van der Waals surface area contributed by atoms with Crippen LogP contribution < -0.4 is 11.2 Å². The number of hydrogen-bond acceptors (Lipinski definition) is 6. The van der Waals surface area contributed by atoms with Crippen LogP contribution in [0, 0.1) is 9.39 Å². The second-order valence-electron chi connectivity index (χ2n) is 3.25. The number of hydrazone groups is 1. The van der Waals surface area contributed by atoms with Crippen LogP contribution in [0.15, 0.2) is 22.6 Å². The number of anilines is 2. The van der Waals surface area contributed by atoms with Gasteiger partial charge in [-0.25, -0.2) is 9.37 Å². The van der Waals surface area contributed by atoms with Crippen LogP contribution in [0.1, 0.15) is 5.56 Å². The van der Waals surface area contributed by atoms with Gasteiger partial charge in [0.1, 0.15) is 5.82 Å². The van der Waals surface area contributed by atoms with Crippen LogP contribution in [0.3, 0.4) is 0 Å². The van der Waals surface area contributed by atoms with Gasteiger partial charge in [-0.1, -0.05) is 0 Å². The van der Waals surface area contributed by atoms with Crippen LogP contribution in [0.4, 0.5) is 15.3 Å². The molecule has 94 valence electrons. The fraction of sp³-hybridized carbons (Fsp3) is 0. The van der Waals surface area contributed by atoms with E-state index in [1.165, 1.54) is 17.6 Å². The molecule has 0 atom stereocenters.